The summed E-state index contributed by atoms with van der Waals surface area (Å²) in [6, 6.07) is 5.52. The number of rotatable bonds is 6. The summed E-state index contributed by atoms with van der Waals surface area (Å²) in [5.74, 6) is 0.740. The molecular weight excluding hydrogens is 222 g/mol. The Labute approximate surface area is 103 Å². The molecule has 0 radical (unpaired) electrons. The average molecular weight is 242 g/mol. The minimum absolute atomic E-state index is 0.567. The van der Waals surface area contributed by atoms with Crippen molar-refractivity contribution in [2.24, 2.45) is 5.92 Å². The van der Waals surface area contributed by atoms with Crippen LogP contribution in [-0.4, -0.2) is 6.61 Å². The van der Waals surface area contributed by atoms with E-state index in [1.54, 1.807) is 6.07 Å². The fourth-order valence-corrected chi connectivity index (χ4v) is 1.70. The Morgan fingerprint density at radius 3 is 2.75 bits per heavy atom. The van der Waals surface area contributed by atoms with Crippen molar-refractivity contribution in [3.63, 3.8) is 0 Å². The van der Waals surface area contributed by atoms with E-state index in [0.717, 1.165) is 24.5 Å². The van der Waals surface area contributed by atoms with Crippen molar-refractivity contribution in [3.05, 3.63) is 28.8 Å². The number of hydrogen-bond acceptors (Lipinski definition) is 2. The fourth-order valence-electron chi connectivity index (χ4n) is 1.46. The van der Waals surface area contributed by atoms with Crippen molar-refractivity contribution in [2.45, 2.75) is 33.3 Å². The molecule has 0 atom stereocenters. The van der Waals surface area contributed by atoms with Crippen LogP contribution in [0.25, 0.3) is 0 Å². The Morgan fingerprint density at radius 2 is 2.12 bits per heavy atom. The average Bonchev–Trinajstić information content (AvgIpc) is 2.20. The highest BCUT2D eigenvalue weighted by Gasteiger charge is 2.01. The van der Waals surface area contributed by atoms with Crippen molar-refractivity contribution in [1.82, 2.24) is 0 Å². The normalized spacial score (nSPS) is 11.0. The molecule has 16 heavy (non-hydrogen) atoms. The highest BCUT2D eigenvalue weighted by molar-refractivity contribution is 6.31. The Kier molecular flexibility index (Phi) is 5.64. The number of anilines is 1. The molecule has 0 amide bonds. The van der Waals surface area contributed by atoms with Gasteiger partial charge in [-0.1, -0.05) is 31.5 Å². The van der Waals surface area contributed by atoms with Crippen LogP contribution in [0.5, 0.6) is 0 Å². The van der Waals surface area contributed by atoms with E-state index in [-0.39, 0.29) is 0 Å². The lowest BCUT2D eigenvalue weighted by Gasteiger charge is -2.08. The predicted molar refractivity (Wildman–Crippen MR) is 69.6 cm³/mol. The van der Waals surface area contributed by atoms with Crippen LogP contribution < -0.4 is 5.73 Å². The van der Waals surface area contributed by atoms with Crippen molar-refractivity contribution in [3.8, 4) is 0 Å². The molecule has 2 nitrogen and oxygen atoms in total. The van der Waals surface area contributed by atoms with Gasteiger partial charge in [0.15, 0.2) is 0 Å². The lowest BCUT2D eigenvalue weighted by Crippen LogP contribution is -1.98. The van der Waals surface area contributed by atoms with Crippen LogP contribution in [0.2, 0.25) is 5.02 Å². The molecule has 3 heteroatoms. The van der Waals surface area contributed by atoms with Gasteiger partial charge in [0.2, 0.25) is 0 Å². The largest absolute Gasteiger partial charge is 0.399 e. The summed E-state index contributed by atoms with van der Waals surface area (Å²) in [5.41, 5.74) is 7.30. The maximum atomic E-state index is 6.03. The molecule has 0 saturated carbocycles. The van der Waals surface area contributed by atoms with E-state index in [9.17, 15) is 0 Å². The van der Waals surface area contributed by atoms with E-state index in [1.165, 1.54) is 6.42 Å². The standard InChI is InChI=1S/C13H20ClNO/c1-10(2)4-3-7-16-9-11-5-6-12(15)8-13(11)14/h5-6,8,10H,3-4,7,9,15H2,1-2H3. The molecule has 1 aromatic rings. The molecule has 2 N–H and O–H groups in total. The van der Waals surface area contributed by atoms with Gasteiger partial charge in [-0.3, -0.25) is 0 Å². The summed E-state index contributed by atoms with van der Waals surface area (Å²) < 4.78 is 5.57. The zero-order valence-corrected chi connectivity index (χ0v) is 10.8. The summed E-state index contributed by atoms with van der Waals surface area (Å²) in [6.07, 6.45) is 2.31. The van der Waals surface area contributed by atoms with Gasteiger partial charge in [-0.05, 0) is 36.5 Å². The number of benzene rings is 1. The van der Waals surface area contributed by atoms with Crippen LogP contribution in [-0.2, 0) is 11.3 Å². The molecule has 0 aliphatic rings. The molecule has 90 valence electrons. The zero-order chi connectivity index (χ0) is 12.0. The van der Waals surface area contributed by atoms with Crippen molar-refractivity contribution in [2.75, 3.05) is 12.3 Å². The summed E-state index contributed by atoms with van der Waals surface area (Å²) in [4.78, 5) is 0. The van der Waals surface area contributed by atoms with E-state index in [2.05, 4.69) is 13.8 Å². The number of ether oxygens (including phenoxy) is 1. The van der Waals surface area contributed by atoms with Crippen LogP contribution in [0.15, 0.2) is 18.2 Å². The van der Waals surface area contributed by atoms with Gasteiger partial charge < -0.3 is 10.5 Å². The summed E-state index contributed by atoms with van der Waals surface area (Å²) in [7, 11) is 0. The van der Waals surface area contributed by atoms with Gasteiger partial charge >= 0.3 is 0 Å². The van der Waals surface area contributed by atoms with E-state index >= 15 is 0 Å². The molecule has 0 spiro atoms. The molecular formula is C13H20ClNO. The van der Waals surface area contributed by atoms with Gasteiger partial charge in [0.05, 0.1) is 6.61 Å². The van der Waals surface area contributed by atoms with E-state index in [1.807, 2.05) is 12.1 Å². The monoisotopic (exact) mass is 241 g/mol. The van der Waals surface area contributed by atoms with Crippen LogP contribution in [0.1, 0.15) is 32.3 Å². The minimum atomic E-state index is 0.567. The first kappa shape index (κ1) is 13.3. The van der Waals surface area contributed by atoms with E-state index in [0.29, 0.717) is 17.3 Å². The fraction of sp³-hybridized carbons (Fsp3) is 0.538. The number of hydrogen-bond donors (Lipinski definition) is 1. The summed E-state index contributed by atoms with van der Waals surface area (Å²) in [5, 5.41) is 0.684. The zero-order valence-electron chi connectivity index (χ0n) is 10.0. The summed E-state index contributed by atoms with van der Waals surface area (Å²) in [6.45, 7) is 5.80. The topological polar surface area (TPSA) is 35.2 Å². The van der Waals surface area contributed by atoms with Crippen LogP contribution in [0, 0.1) is 5.92 Å². The maximum Gasteiger partial charge on any atom is 0.0731 e. The molecule has 0 heterocycles. The van der Waals surface area contributed by atoms with Crippen molar-refractivity contribution in [1.29, 1.82) is 0 Å². The van der Waals surface area contributed by atoms with E-state index < -0.39 is 0 Å². The molecule has 0 aromatic heterocycles. The molecule has 0 aliphatic carbocycles. The third-order valence-electron chi connectivity index (χ3n) is 2.40. The van der Waals surface area contributed by atoms with Gasteiger partial charge in [0.25, 0.3) is 0 Å². The second kappa shape index (κ2) is 6.77. The Morgan fingerprint density at radius 1 is 1.38 bits per heavy atom. The van der Waals surface area contributed by atoms with E-state index in [4.69, 9.17) is 22.1 Å². The number of nitrogens with two attached hydrogens (primary N) is 1. The number of nitrogen functional groups attached to an aromatic ring is 1. The second-order valence-corrected chi connectivity index (χ2v) is 4.85. The molecule has 0 saturated heterocycles. The minimum Gasteiger partial charge on any atom is -0.399 e. The molecule has 0 unspecified atom stereocenters. The Bertz CT molecular complexity index is 326. The van der Waals surface area contributed by atoms with Gasteiger partial charge in [-0.15, -0.1) is 0 Å². The smallest absolute Gasteiger partial charge is 0.0731 e. The lowest BCUT2D eigenvalue weighted by molar-refractivity contribution is 0.115. The first-order valence-electron chi connectivity index (χ1n) is 5.71. The van der Waals surface area contributed by atoms with Gasteiger partial charge in [0.1, 0.15) is 0 Å². The van der Waals surface area contributed by atoms with Crippen LogP contribution in [0.3, 0.4) is 0 Å². The van der Waals surface area contributed by atoms with Crippen molar-refractivity contribution < 1.29 is 4.74 Å². The molecule has 1 aromatic carbocycles. The first-order chi connectivity index (χ1) is 7.59. The Balaban J connectivity index is 2.27. The van der Waals surface area contributed by atoms with Crippen LogP contribution >= 0.6 is 11.6 Å². The predicted octanol–water partition coefficient (Wildman–Crippen LogP) is 3.88. The van der Waals surface area contributed by atoms with Gasteiger partial charge in [0, 0.05) is 17.3 Å². The quantitative estimate of drug-likeness (QED) is 0.606. The molecule has 0 aliphatic heterocycles. The maximum absolute atomic E-state index is 6.03. The lowest BCUT2D eigenvalue weighted by atomic mass is 10.1. The molecule has 0 bridgehead atoms. The summed E-state index contributed by atoms with van der Waals surface area (Å²) >= 11 is 6.03. The molecule has 1 rings (SSSR count). The SMILES string of the molecule is CC(C)CCCOCc1ccc(N)cc1Cl. The Hall–Kier alpha value is -0.730. The van der Waals surface area contributed by atoms with Crippen LogP contribution in [0.4, 0.5) is 5.69 Å². The van der Waals surface area contributed by atoms with Gasteiger partial charge in [-0.25, -0.2) is 0 Å². The molecule has 0 fully saturated rings. The highest BCUT2D eigenvalue weighted by Crippen LogP contribution is 2.19. The first-order valence-corrected chi connectivity index (χ1v) is 6.09. The van der Waals surface area contributed by atoms with Gasteiger partial charge in [-0.2, -0.15) is 0 Å². The third-order valence-corrected chi connectivity index (χ3v) is 2.76. The van der Waals surface area contributed by atoms with Crippen molar-refractivity contribution >= 4 is 17.3 Å². The third kappa shape index (κ3) is 4.86. The highest BCUT2D eigenvalue weighted by atomic mass is 35.5. The second-order valence-electron chi connectivity index (χ2n) is 4.44. The number of halogens is 1.